The van der Waals surface area contributed by atoms with Crippen LogP contribution in [-0.2, 0) is 19.4 Å². The fourth-order valence-electron chi connectivity index (χ4n) is 2.35. The second-order valence-electron chi connectivity index (χ2n) is 5.50. The third kappa shape index (κ3) is 3.27. The normalized spacial score (nSPS) is 14.6. The van der Waals surface area contributed by atoms with Crippen LogP contribution in [0.15, 0.2) is 18.2 Å². The average molecular weight is 305 g/mol. The van der Waals surface area contributed by atoms with Gasteiger partial charge in [0.25, 0.3) is 0 Å². The molecule has 2 aromatic rings. The third-order valence-corrected chi connectivity index (χ3v) is 4.07. The Hall–Kier alpha value is -1.39. The zero-order valence-corrected chi connectivity index (χ0v) is 13.3. The Balaban J connectivity index is 1.85. The highest BCUT2D eigenvalue weighted by Crippen LogP contribution is 2.24. The minimum atomic E-state index is 0.706. The van der Waals surface area contributed by atoms with E-state index in [1.165, 1.54) is 18.4 Å². The molecule has 0 spiro atoms. The molecule has 0 saturated heterocycles. The van der Waals surface area contributed by atoms with Crippen molar-refractivity contribution < 1.29 is 0 Å². The first kappa shape index (κ1) is 14.5. The predicted octanol–water partition coefficient (Wildman–Crippen LogP) is 3.30. The minimum Gasteiger partial charge on any atom is -0.310 e. The van der Waals surface area contributed by atoms with Gasteiger partial charge in [-0.1, -0.05) is 31.5 Å². The maximum absolute atomic E-state index is 6.46. The Morgan fingerprint density at radius 2 is 2.10 bits per heavy atom. The molecule has 4 nitrogen and oxygen atoms in total. The quantitative estimate of drug-likeness (QED) is 0.890. The highest BCUT2D eigenvalue weighted by atomic mass is 35.5. The van der Waals surface area contributed by atoms with Gasteiger partial charge in [0, 0.05) is 25.4 Å². The maximum atomic E-state index is 6.46. The van der Waals surface area contributed by atoms with E-state index in [9.17, 15) is 0 Å². The Labute approximate surface area is 130 Å². The van der Waals surface area contributed by atoms with Crippen LogP contribution in [0, 0.1) is 0 Å². The fraction of sp³-hybridized carbons (Fsp3) is 0.500. The smallest absolute Gasteiger partial charge is 0.151 e. The van der Waals surface area contributed by atoms with Gasteiger partial charge >= 0.3 is 0 Å². The zero-order valence-electron chi connectivity index (χ0n) is 12.6. The molecule has 1 fully saturated rings. The Kier molecular flexibility index (Phi) is 4.27. The molecular weight excluding hydrogens is 284 g/mol. The largest absolute Gasteiger partial charge is 0.310 e. The second-order valence-corrected chi connectivity index (χ2v) is 5.91. The standard InChI is InChI=1S/C16H21ClN4/c1-3-15-19-16(4-2)21(20-15)14-8-5-11(9-13(14)17)10-18-12-6-7-12/h5,8-9,12,18H,3-4,6-7,10H2,1-2H3. The van der Waals surface area contributed by atoms with Crippen molar-refractivity contribution in [2.75, 3.05) is 0 Å². The highest BCUT2D eigenvalue weighted by Gasteiger charge is 2.20. The van der Waals surface area contributed by atoms with Crippen molar-refractivity contribution in [2.24, 2.45) is 0 Å². The second kappa shape index (κ2) is 6.16. The lowest BCUT2D eigenvalue weighted by Gasteiger charge is -2.09. The molecule has 21 heavy (non-hydrogen) atoms. The van der Waals surface area contributed by atoms with E-state index < -0.39 is 0 Å². The number of rotatable bonds is 6. The van der Waals surface area contributed by atoms with Crippen LogP contribution in [0.4, 0.5) is 0 Å². The van der Waals surface area contributed by atoms with Crippen molar-refractivity contribution in [3.63, 3.8) is 0 Å². The lowest BCUT2D eigenvalue weighted by molar-refractivity contribution is 0.687. The van der Waals surface area contributed by atoms with E-state index in [2.05, 4.69) is 35.3 Å². The van der Waals surface area contributed by atoms with E-state index >= 15 is 0 Å². The topological polar surface area (TPSA) is 42.7 Å². The van der Waals surface area contributed by atoms with Crippen molar-refractivity contribution in [3.05, 3.63) is 40.4 Å². The molecule has 5 heteroatoms. The average Bonchev–Trinajstić information content (AvgIpc) is 3.23. The first-order chi connectivity index (χ1) is 10.2. The van der Waals surface area contributed by atoms with Gasteiger partial charge < -0.3 is 5.32 Å². The number of aryl methyl sites for hydroxylation is 2. The zero-order chi connectivity index (χ0) is 14.8. The van der Waals surface area contributed by atoms with Crippen molar-refractivity contribution >= 4 is 11.6 Å². The number of nitrogens with zero attached hydrogens (tertiary/aromatic N) is 3. The van der Waals surface area contributed by atoms with E-state index in [0.29, 0.717) is 6.04 Å². The molecule has 0 unspecified atom stereocenters. The summed E-state index contributed by atoms with van der Waals surface area (Å²) in [5, 5.41) is 8.78. The molecule has 0 aliphatic heterocycles. The predicted molar refractivity (Wildman–Crippen MR) is 85.0 cm³/mol. The molecule has 0 bridgehead atoms. The minimum absolute atomic E-state index is 0.706. The first-order valence-corrected chi connectivity index (χ1v) is 8.06. The molecule has 1 aromatic heterocycles. The lowest BCUT2D eigenvalue weighted by atomic mass is 10.2. The number of aromatic nitrogens is 3. The van der Waals surface area contributed by atoms with Crippen molar-refractivity contribution in [1.29, 1.82) is 0 Å². The van der Waals surface area contributed by atoms with Crippen LogP contribution < -0.4 is 5.32 Å². The number of hydrogen-bond acceptors (Lipinski definition) is 3. The third-order valence-electron chi connectivity index (χ3n) is 3.76. The van der Waals surface area contributed by atoms with Crippen molar-refractivity contribution in [3.8, 4) is 5.69 Å². The number of nitrogens with one attached hydrogen (secondary N) is 1. The van der Waals surface area contributed by atoms with Gasteiger partial charge in [0.15, 0.2) is 5.82 Å². The van der Waals surface area contributed by atoms with Crippen LogP contribution in [0.2, 0.25) is 5.02 Å². The molecule has 3 rings (SSSR count). The van der Waals surface area contributed by atoms with E-state index in [-0.39, 0.29) is 0 Å². The van der Waals surface area contributed by atoms with Crippen LogP contribution in [0.5, 0.6) is 0 Å². The molecular formula is C16H21ClN4. The maximum Gasteiger partial charge on any atom is 0.151 e. The van der Waals surface area contributed by atoms with Gasteiger partial charge in [0.2, 0.25) is 0 Å². The molecule has 0 amide bonds. The molecule has 1 aliphatic rings. The van der Waals surface area contributed by atoms with E-state index in [0.717, 1.165) is 41.7 Å². The van der Waals surface area contributed by atoms with E-state index in [1.54, 1.807) is 0 Å². The summed E-state index contributed by atoms with van der Waals surface area (Å²) in [7, 11) is 0. The monoisotopic (exact) mass is 304 g/mol. The Bertz CT molecular complexity index is 631. The van der Waals surface area contributed by atoms with Gasteiger partial charge in [-0.2, -0.15) is 5.10 Å². The number of hydrogen-bond donors (Lipinski definition) is 1. The van der Waals surface area contributed by atoms with Gasteiger partial charge in [0.1, 0.15) is 5.82 Å². The molecule has 1 heterocycles. The summed E-state index contributed by atoms with van der Waals surface area (Å²) in [5.74, 6) is 1.82. The Morgan fingerprint density at radius 1 is 1.29 bits per heavy atom. The fourth-order valence-corrected chi connectivity index (χ4v) is 2.63. The van der Waals surface area contributed by atoms with Crippen LogP contribution in [0.1, 0.15) is 43.9 Å². The first-order valence-electron chi connectivity index (χ1n) is 7.68. The van der Waals surface area contributed by atoms with Gasteiger partial charge in [-0.15, -0.1) is 0 Å². The van der Waals surface area contributed by atoms with Crippen LogP contribution >= 0.6 is 11.6 Å². The molecule has 0 atom stereocenters. The van der Waals surface area contributed by atoms with Crippen LogP contribution in [0.25, 0.3) is 5.69 Å². The summed E-state index contributed by atoms with van der Waals surface area (Å²) >= 11 is 6.46. The molecule has 1 aliphatic carbocycles. The van der Waals surface area contributed by atoms with Crippen molar-refractivity contribution in [2.45, 2.75) is 52.1 Å². The van der Waals surface area contributed by atoms with E-state index in [1.807, 2.05) is 16.8 Å². The molecule has 112 valence electrons. The van der Waals surface area contributed by atoms with Crippen molar-refractivity contribution in [1.82, 2.24) is 20.1 Å². The van der Waals surface area contributed by atoms with Gasteiger partial charge in [-0.3, -0.25) is 0 Å². The Morgan fingerprint density at radius 3 is 2.71 bits per heavy atom. The summed E-state index contributed by atoms with van der Waals surface area (Å²) < 4.78 is 1.87. The lowest BCUT2D eigenvalue weighted by Crippen LogP contribution is -2.15. The van der Waals surface area contributed by atoms with Crippen LogP contribution in [-0.4, -0.2) is 20.8 Å². The molecule has 0 radical (unpaired) electrons. The highest BCUT2D eigenvalue weighted by molar-refractivity contribution is 6.32. The summed E-state index contributed by atoms with van der Waals surface area (Å²) in [6, 6.07) is 6.89. The number of benzene rings is 1. The van der Waals surface area contributed by atoms with Gasteiger partial charge in [-0.05, 0) is 30.5 Å². The van der Waals surface area contributed by atoms with E-state index in [4.69, 9.17) is 11.6 Å². The molecule has 1 saturated carbocycles. The summed E-state index contributed by atoms with van der Waals surface area (Å²) in [5.41, 5.74) is 2.13. The van der Waals surface area contributed by atoms with Crippen LogP contribution in [0.3, 0.4) is 0 Å². The summed E-state index contributed by atoms with van der Waals surface area (Å²) in [6.45, 7) is 5.03. The SMILES string of the molecule is CCc1nc(CC)n(-c2ccc(CNC3CC3)cc2Cl)n1. The van der Waals surface area contributed by atoms with Gasteiger partial charge in [-0.25, -0.2) is 9.67 Å². The molecule has 1 N–H and O–H groups in total. The molecule has 1 aromatic carbocycles. The summed E-state index contributed by atoms with van der Waals surface area (Å²) in [4.78, 5) is 4.54. The number of halogens is 1. The summed E-state index contributed by atoms with van der Waals surface area (Å²) in [6.07, 6.45) is 4.27. The van der Waals surface area contributed by atoms with Gasteiger partial charge in [0.05, 0.1) is 10.7 Å².